The van der Waals surface area contributed by atoms with Gasteiger partial charge in [-0.1, -0.05) is 0 Å². The minimum atomic E-state index is 0.0775. The first-order valence-electron chi connectivity index (χ1n) is 2.83. The van der Waals surface area contributed by atoms with Gasteiger partial charge in [0.05, 0.1) is 5.25 Å². The number of rotatable bonds is 0. The molecule has 0 aromatic heterocycles. The highest BCUT2D eigenvalue weighted by Crippen LogP contribution is 2.17. The Kier molecular flexibility index (Phi) is 1.81. The van der Waals surface area contributed by atoms with Crippen molar-refractivity contribution in [1.29, 1.82) is 0 Å². The van der Waals surface area contributed by atoms with E-state index in [1.165, 1.54) is 0 Å². The maximum atomic E-state index is 10.8. The fraction of sp³-hybridized carbons (Fsp3) is 0.500. The average Bonchev–Trinajstić information content (AvgIpc) is 1.80. The van der Waals surface area contributed by atoms with Gasteiger partial charge >= 0.3 is 0 Å². The van der Waals surface area contributed by atoms with Crippen LogP contribution in [0.3, 0.4) is 0 Å². The summed E-state index contributed by atoms with van der Waals surface area (Å²) in [4.78, 5) is 10.8. The molecule has 0 aromatic carbocycles. The zero-order valence-electron chi connectivity index (χ0n) is 5.47. The Morgan fingerprint density at radius 1 is 1.78 bits per heavy atom. The molecule has 3 heteroatoms. The smallest absolute Gasteiger partial charge is 0.237 e. The lowest BCUT2D eigenvalue weighted by Crippen LogP contribution is -2.31. The fourth-order valence-electron chi connectivity index (χ4n) is 0.591. The summed E-state index contributed by atoms with van der Waals surface area (Å²) in [6, 6.07) is 0. The first-order chi connectivity index (χ1) is 4.20. The lowest BCUT2D eigenvalue weighted by atomic mass is 10.4. The lowest BCUT2D eigenvalue weighted by molar-refractivity contribution is -0.119. The molecule has 0 fully saturated rings. The van der Waals surface area contributed by atoms with E-state index in [9.17, 15) is 4.79 Å². The van der Waals surface area contributed by atoms with Gasteiger partial charge in [0.1, 0.15) is 0 Å². The molecule has 1 N–H and O–H groups in total. The van der Waals surface area contributed by atoms with Crippen LogP contribution >= 0.6 is 11.8 Å². The van der Waals surface area contributed by atoms with Crippen LogP contribution in [0.15, 0.2) is 11.1 Å². The van der Waals surface area contributed by atoms with Gasteiger partial charge in [-0.25, -0.2) is 0 Å². The van der Waals surface area contributed by atoms with E-state index < -0.39 is 0 Å². The predicted octanol–water partition coefficient (Wildman–Crippen LogP) is 1.10. The predicted molar refractivity (Wildman–Crippen MR) is 39.0 cm³/mol. The van der Waals surface area contributed by atoms with Crippen LogP contribution in [0.1, 0.15) is 13.8 Å². The molecule has 2 nitrogen and oxygen atoms in total. The number of amides is 1. The molecule has 1 atom stereocenters. The molecular formula is C6H9NOS. The van der Waals surface area contributed by atoms with E-state index in [1.54, 1.807) is 11.8 Å². The summed E-state index contributed by atoms with van der Waals surface area (Å²) in [5, 5.41) is 4.77. The Morgan fingerprint density at radius 3 is 2.89 bits per heavy atom. The summed E-state index contributed by atoms with van der Waals surface area (Å²) in [6.45, 7) is 3.78. The molecule has 0 saturated heterocycles. The van der Waals surface area contributed by atoms with E-state index in [-0.39, 0.29) is 11.2 Å². The van der Waals surface area contributed by atoms with Crippen LogP contribution in [-0.2, 0) is 4.79 Å². The Bertz CT molecular complexity index is 164. The second kappa shape index (κ2) is 2.43. The molecular weight excluding hydrogens is 134 g/mol. The molecule has 0 saturated carbocycles. The summed E-state index contributed by atoms with van der Waals surface area (Å²) in [6.07, 6.45) is 0. The second-order valence-corrected chi connectivity index (χ2v) is 3.28. The molecule has 1 rings (SSSR count). The van der Waals surface area contributed by atoms with Crippen LogP contribution in [0.2, 0.25) is 0 Å². The molecule has 9 heavy (non-hydrogen) atoms. The van der Waals surface area contributed by atoms with Crippen molar-refractivity contribution < 1.29 is 4.79 Å². The van der Waals surface area contributed by atoms with Crippen LogP contribution in [0, 0.1) is 0 Å². The third-order valence-corrected chi connectivity index (χ3v) is 2.25. The standard InChI is InChI=1S/C6H9NOS/c1-4-3-9-5(2)6(8)7-4/h3,5H,1-2H3,(H,7,8). The maximum Gasteiger partial charge on any atom is 0.237 e. The third-order valence-electron chi connectivity index (χ3n) is 1.14. The van der Waals surface area contributed by atoms with Crippen LogP contribution in [0.4, 0.5) is 0 Å². The highest BCUT2D eigenvalue weighted by molar-refractivity contribution is 8.03. The largest absolute Gasteiger partial charge is 0.329 e. The molecule has 1 aliphatic rings. The van der Waals surface area contributed by atoms with E-state index in [1.807, 2.05) is 19.3 Å². The summed E-state index contributed by atoms with van der Waals surface area (Å²) in [7, 11) is 0. The molecule has 1 amide bonds. The van der Waals surface area contributed by atoms with E-state index in [0.717, 1.165) is 5.70 Å². The van der Waals surface area contributed by atoms with Gasteiger partial charge < -0.3 is 5.32 Å². The number of carbonyl (C=O) groups is 1. The monoisotopic (exact) mass is 143 g/mol. The molecule has 50 valence electrons. The van der Waals surface area contributed by atoms with Crippen LogP contribution in [-0.4, -0.2) is 11.2 Å². The lowest BCUT2D eigenvalue weighted by Gasteiger charge is -2.15. The zero-order chi connectivity index (χ0) is 6.85. The van der Waals surface area contributed by atoms with E-state index in [4.69, 9.17) is 0 Å². The van der Waals surface area contributed by atoms with Gasteiger partial charge in [-0.05, 0) is 19.3 Å². The molecule has 0 aliphatic carbocycles. The topological polar surface area (TPSA) is 29.1 Å². The Morgan fingerprint density at radius 2 is 2.44 bits per heavy atom. The van der Waals surface area contributed by atoms with Gasteiger partial charge in [-0.15, -0.1) is 11.8 Å². The third kappa shape index (κ3) is 1.48. The highest BCUT2D eigenvalue weighted by atomic mass is 32.2. The summed E-state index contributed by atoms with van der Waals surface area (Å²) in [5.41, 5.74) is 0.947. The first kappa shape index (κ1) is 6.68. The number of carbonyl (C=O) groups excluding carboxylic acids is 1. The highest BCUT2D eigenvalue weighted by Gasteiger charge is 2.15. The molecule has 1 aliphatic heterocycles. The number of thioether (sulfide) groups is 1. The Hall–Kier alpha value is -0.440. The maximum absolute atomic E-state index is 10.8. The van der Waals surface area contributed by atoms with Gasteiger partial charge in [-0.2, -0.15) is 0 Å². The van der Waals surface area contributed by atoms with E-state index in [2.05, 4.69) is 5.32 Å². The fourth-order valence-corrected chi connectivity index (χ4v) is 1.24. The van der Waals surface area contributed by atoms with Crippen molar-refractivity contribution in [2.45, 2.75) is 19.1 Å². The van der Waals surface area contributed by atoms with E-state index >= 15 is 0 Å². The Balaban J connectivity index is 2.65. The average molecular weight is 143 g/mol. The number of allylic oxidation sites excluding steroid dienone is 1. The van der Waals surface area contributed by atoms with Crippen molar-refractivity contribution in [3.05, 3.63) is 11.1 Å². The van der Waals surface area contributed by atoms with Crippen molar-refractivity contribution in [3.63, 3.8) is 0 Å². The van der Waals surface area contributed by atoms with Gasteiger partial charge in [0.2, 0.25) is 5.91 Å². The van der Waals surface area contributed by atoms with Crippen molar-refractivity contribution in [2.75, 3.05) is 0 Å². The molecule has 1 unspecified atom stereocenters. The quantitative estimate of drug-likeness (QED) is 0.550. The van der Waals surface area contributed by atoms with Crippen molar-refractivity contribution >= 4 is 17.7 Å². The molecule has 0 radical (unpaired) electrons. The SMILES string of the molecule is CC1=CSC(C)C(=O)N1. The van der Waals surface area contributed by atoms with Gasteiger partial charge in [0.15, 0.2) is 0 Å². The summed E-state index contributed by atoms with van der Waals surface area (Å²) in [5.74, 6) is 0.111. The number of hydrogen-bond donors (Lipinski definition) is 1. The van der Waals surface area contributed by atoms with Crippen molar-refractivity contribution in [3.8, 4) is 0 Å². The molecule has 0 bridgehead atoms. The number of hydrogen-bond acceptors (Lipinski definition) is 2. The normalized spacial score (nSPS) is 27.1. The van der Waals surface area contributed by atoms with Gasteiger partial charge in [0.25, 0.3) is 0 Å². The zero-order valence-corrected chi connectivity index (χ0v) is 6.29. The summed E-state index contributed by atoms with van der Waals surface area (Å²) >= 11 is 1.56. The van der Waals surface area contributed by atoms with Crippen LogP contribution < -0.4 is 5.32 Å². The van der Waals surface area contributed by atoms with Crippen LogP contribution in [0.5, 0.6) is 0 Å². The second-order valence-electron chi connectivity index (χ2n) is 2.07. The van der Waals surface area contributed by atoms with Crippen molar-refractivity contribution in [2.24, 2.45) is 0 Å². The Labute approximate surface area is 58.7 Å². The minimum Gasteiger partial charge on any atom is -0.329 e. The molecule has 0 spiro atoms. The molecule has 1 heterocycles. The van der Waals surface area contributed by atoms with Gasteiger partial charge in [0, 0.05) is 5.70 Å². The summed E-state index contributed by atoms with van der Waals surface area (Å²) < 4.78 is 0. The van der Waals surface area contributed by atoms with Gasteiger partial charge in [-0.3, -0.25) is 4.79 Å². The first-order valence-corrected chi connectivity index (χ1v) is 3.77. The number of nitrogens with one attached hydrogen (secondary N) is 1. The molecule has 0 aromatic rings. The van der Waals surface area contributed by atoms with E-state index in [0.29, 0.717) is 0 Å². The van der Waals surface area contributed by atoms with Crippen molar-refractivity contribution in [1.82, 2.24) is 5.32 Å². The minimum absolute atomic E-state index is 0.0775. The van der Waals surface area contributed by atoms with Crippen LogP contribution in [0.25, 0.3) is 0 Å².